The maximum atomic E-state index is 11.8. The van der Waals surface area contributed by atoms with E-state index in [1.807, 2.05) is 19.1 Å². The third kappa shape index (κ3) is 2.56. The quantitative estimate of drug-likeness (QED) is 0.611. The van der Waals surface area contributed by atoms with Gasteiger partial charge in [0, 0.05) is 19.1 Å². The molecule has 4 nitrogen and oxygen atoms in total. The third-order valence-corrected chi connectivity index (χ3v) is 2.50. The van der Waals surface area contributed by atoms with Crippen LogP contribution in [0.1, 0.15) is 13.3 Å². The first-order valence-corrected chi connectivity index (χ1v) is 5.02. The maximum absolute atomic E-state index is 11.8. The van der Waals surface area contributed by atoms with Crippen LogP contribution in [0.2, 0.25) is 0 Å². The molecule has 0 bridgehead atoms. The fourth-order valence-corrected chi connectivity index (χ4v) is 1.69. The number of aliphatic hydroxyl groups excluding tert-OH is 1. The zero-order valence-corrected chi connectivity index (χ0v) is 8.52. The largest absolute Gasteiger partial charge is 0.395 e. The first-order valence-electron chi connectivity index (χ1n) is 5.02. The maximum Gasteiger partial charge on any atom is 0.229 e. The summed E-state index contributed by atoms with van der Waals surface area (Å²) in [5, 5.41) is 8.77. The molecule has 4 heteroatoms. The number of nitrogens with zero attached hydrogens (tertiary/aromatic N) is 1. The molecule has 0 radical (unpaired) electrons. The van der Waals surface area contributed by atoms with Crippen molar-refractivity contribution in [2.45, 2.75) is 19.4 Å². The Morgan fingerprint density at radius 3 is 2.79 bits per heavy atom. The zero-order chi connectivity index (χ0) is 10.6. The molecular weight excluding hydrogens is 180 g/mol. The van der Waals surface area contributed by atoms with Crippen molar-refractivity contribution in [2.75, 3.05) is 19.7 Å². The summed E-state index contributed by atoms with van der Waals surface area (Å²) in [7, 11) is 0. The molecule has 2 atom stereocenters. The summed E-state index contributed by atoms with van der Waals surface area (Å²) in [4.78, 5) is 13.5. The van der Waals surface area contributed by atoms with Gasteiger partial charge in [-0.3, -0.25) is 4.79 Å². The standard InChI is InChI=1S/C10H18N2O2/c1-2-12(5-6-13)10(14)8-3-4-9(11)7-8/h3-4,8-9,13H,2,5-7,11H2,1H3. The first-order chi connectivity index (χ1) is 6.69. The van der Waals surface area contributed by atoms with Gasteiger partial charge in [-0.25, -0.2) is 0 Å². The van der Waals surface area contributed by atoms with Crippen LogP contribution in [-0.4, -0.2) is 41.7 Å². The van der Waals surface area contributed by atoms with Gasteiger partial charge in [0.1, 0.15) is 0 Å². The number of rotatable bonds is 4. The van der Waals surface area contributed by atoms with Crippen LogP contribution < -0.4 is 5.73 Å². The highest BCUT2D eigenvalue weighted by Gasteiger charge is 2.25. The summed E-state index contributed by atoms with van der Waals surface area (Å²) in [6.07, 6.45) is 4.43. The minimum atomic E-state index is -0.0866. The Bertz CT molecular complexity index is 228. The molecule has 0 spiro atoms. The van der Waals surface area contributed by atoms with Crippen LogP contribution in [-0.2, 0) is 4.79 Å². The van der Waals surface area contributed by atoms with E-state index < -0.39 is 0 Å². The molecule has 2 unspecified atom stereocenters. The Labute approximate surface area is 84.4 Å². The SMILES string of the molecule is CCN(CCO)C(=O)C1C=CC(N)C1. The van der Waals surface area contributed by atoms with E-state index in [1.165, 1.54) is 0 Å². The van der Waals surface area contributed by atoms with Gasteiger partial charge < -0.3 is 15.7 Å². The molecular formula is C10H18N2O2. The number of hydrogen-bond acceptors (Lipinski definition) is 3. The van der Waals surface area contributed by atoms with E-state index in [1.54, 1.807) is 4.90 Å². The molecule has 0 aliphatic heterocycles. The second-order valence-electron chi connectivity index (χ2n) is 3.53. The molecule has 0 heterocycles. The molecule has 0 aromatic carbocycles. The van der Waals surface area contributed by atoms with Crippen LogP contribution >= 0.6 is 0 Å². The van der Waals surface area contributed by atoms with Crippen molar-refractivity contribution >= 4 is 5.91 Å². The van der Waals surface area contributed by atoms with Gasteiger partial charge in [-0.2, -0.15) is 0 Å². The lowest BCUT2D eigenvalue weighted by Crippen LogP contribution is -2.37. The Morgan fingerprint density at radius 1 is 1.64 bits per heavy atom. The van der Waals surface area contributed by atoms with Gasteiger partial charge in [-0.1, -0.05) is 12.2 Å². The molecule has 1 amide bonds. The van der Waals surface area contributed by atoms with Crippen LogP contribution in [0, 0.1) is 5.92 Å². The van der Waals surface area contributed by atoms with Crippen molar-refractivity contribution in [3.05, 3.63) is 12.2 Å². The number of aliphatic hydroxyl groups is 1. The number of nitrogens with two attached hydrogens (primary N) is 1. The minimum Gasteiger partial charge on any atom is -0.395 e. The normalized spacial score (nSPS) is 25.4. The van der Waals surface area contributed by atoms with E-state index in [-0.39, 0.29) is 24.5 Å². The molecule has 1 aliphatic carbocycles. The third-order valence-electron chi connectivity index (χ3n) is 2.50. The molecule has 3 N–H and O–H groups in total. The summed E-state index contributed by atoms with van der Waals surface area (Å²) in [5.41, 5.74) is 5.67. The van der Waals surface area contributed by atoms with Crippen molar-refractivity contribution in [1.29, 1.82) is 0 Å². The molecule has 80 valence electrons. The Kier molecular flexibility index (Phi) is 4.10. The number of carbonyl (C=O) groups is 1. The topological polar surface area (TPSA) is 66.6 Å². The van der Waals surface area contributed by atoms with Crippen LogP contribution in [0.5, 0.6) is 0 Å². The van der Waals surface area contributed by atoms with Gasteiger partial charge in [0.25, 0.3) is 0 Å². The summed E-state index contributed by atoms with van der Waals surface area (Å²) in [6.45, 7) is 2.97. The number of hydrogen-bond donors (Lipinski definition) is 2. The molecule has 1 rings (SSSR count). The highest BCUT2D eigenvalue weighted by atomic mass is 16.3. The van der Waals surface area contributed by atoms with Crippen molar-refractivity contribution in [3.63, 3.8) is 0 Å². The first kappa shape index (κ1) is 11.2. The second kappa shape index (κ2) is 5.12. The molecule has 0 saturated heterocycles. The van der Waals surface area contributed by atoms with Crippen LogP contribution in [0.15, 0.2) is 12.2 Å². The summed E-state index contributed by atoms with van der Waals surface area (Å²) in [5.74, 6) is -0.0118. The monoisotopic (exact) mass is 198 g/mol. The Morgan fingerprint density at radius 2 is 2.36 bits per heavy atom. The van der Waals surface area contributed by atoms with Crippen molar-refractivity contribution in [3.8, 4) is 0 Å². The number of likely N-dealkylation sites (N-methyl/N-ethyl adjacent to an activating group) is 1. The van der Waals surface area contributed by atoms with Crippen LogP contribution in [0.4, 0.5) is 0 Å². The molecule has 0 fully saturated rings. The minimum absolute atomic E-state index is 0.0109. The number of carbonyl (C=O) groups excluding carboxylic acids is 1. The summed E-state index contributed by atoms with van der Waals surface area (Å²) in [6, 6.07) is 0.0109. The molecule has 0 aromatic heterocycles. The lowest BCUT2D eigenvalue weighted by Gasteiger charge is -2.22. The summed E-state index contributed by atoms with van der Waals surface area (Å²) < 4.78 is 0. The smallest absolute Gasteiger partial charge is 0.229 e. The fraction of sp³-hybridized carbons (Fsp3) is 0.700. The Balaban J connectivity index is 2.51. The summed E-state index contributed by atoms with van der Waals surface area (Å²) >= 11 is 0. The van der Waals surface area contributed by atoms with Crippen molar-refractivity contribution < 1.29 is 9.90 Å². The van der Waals surface area contributed by atoms with Crippen LogP contribution in [0.3, 0.4) is 0 Å². The molecule has 0 saturated carbocycles. The predicted molar refractivity (Wildman–Crippen MR) is 54.6 cm³/mol. The molecule has 14 heavy (non-hydrogen) atoms. The van der Waals surface area contributed by atoms with Gasteiger partial charge in [-0.05, 0) is 13.3 Å². The van der Waals surface area contributed by atoms with Gasteiger partial charge in [0.05, 0.1) is 12.5 Å². The molecule has 0 aromatic rings. The zero-order valence-electron chi connectivity index (χ0n) is 8.52. The van der Waals surface area contributed by atoms with E-state index in [0.29, 0.717) is 19.5 Å². The lowest BCUT2D eigenvalue weighted by atomic mass is 10.1. The van der Waals surface area contributed by atoms with Gasteiger partial charge in [-0.15, -0.1) is 0 Å². The predicted octanol–water partition coefficient (Wildman–Crippen LogP) is -0.269. The van der Waals surface area contributed by atoms with E-state index in [9.17, 15) is 4.79 Å². The van der Waals surface area contributed by atoms with Gasteiger partial charge >= 0.3 is 0 Å². The van der Waals surface area contributed by atoms with Crippen molar-refractivity contribution in [1.82, 2.24) is 4.90 Å². The van der Waals surface area contributed by atoms with Crippen LogP contribution in [0.25, 0.3) is 0 Å². The molecule has 1 aliphatic rings. The Hall–Kier alpha value is -0.870. The lowest BCUT2D eigenvalue weighted by molar-refractivity contribution is -0.134. The average molecular weight is 198 g/mol. The highest BCUT2D eigenvalue weighted by molar-refractivity contribution is 5.81. The van der Waals surface area contributed by atoms with Gasteiger partial charge in [0.15, 0.2) is 0 Å². The highest BCUT2D eigenvalue weighted by Crippen LogP contribution is 2.18. The van der Waals surface area contributed by atoms with E-state index in [2.05, 4.69) is 0 Å². The van der Waals surface area contributed by atoms with Gasteiger partial charge in [0.2, 0.25) is 5.91 Å². The van der Waals surface area contributed by atoms with E-state index in [4.69, 9.17) is 10.8 Å². The van der Waals surface area contributed by atoms with Crippen molar-refractivity contribution in [2.24, 2.45) is 11.7 Å². The van der Waals surface area contributed by atoms with E-state index in [0.717, 1.165) is 0 Å². The van der Waals surface area contributed by atoms with E-state index >= 15 is 0 Å². The average Bonchev–Trinajstić information content (AvgIpc) is 2.60. The second-order valence-corrected chi connectivity index (χ2v) is 3.53. The fourth-order valence-electron chi connectivity index (χ4n) is 1.69. The number of amides is 1.